The molecule has 0 spiro atoms. The van der Waals surface area contributed by atoms with E-state index in [-0.39, 0.29) is 23.3 Å². The minimum Gasteiger partial charge on any atom is -0.313 e. The number of hydrogen-bond donors (Lipinski definition) is 1. The highest BCUT2D eigenvalue weighted by molar-refractivity contribution is 7.89. The van der Waals surface area contributed by atoms with Crippen molar-refractivity contribution < 1.29 is 8.42 Å². The molecule has 138 valence electrons. The number of fused-ring (bicyclic) bond motifs is 1. The number of halogens is 2. The molecule has 0 aliphatic carbocycles. The summed E-state index contributed by atoms with van der Waals surface area (Å²) < 4.78 is 36.6. The molecule has 6 nitrogen and oxygen atoms in total. The summed E-state index contributed by atoms with van der Waals surface area (Å²) in [5.41, 5.74) is 1.81. The molecular formula is C16H16Cl2N4O2S2. The second-order valence-electron chi connectivity index (χ2n) is 5.75. The maximum absolute atomic E-state index is 13.4. The van der Waals surface area contributed by atoms with Gasteiger partial charge in [0.05, 0.1) is 17.8 Å². The lowest BCUT2D eigenvalue weighted by Gasteiger charge is -2.35. The fraction of sp³-hybridized carbons (Fsp3) is 0.250. The van der Waals surface area contributed by atoms with Crippen LogP contribution < -0.4 is 5.32 Å². The van der Waals surface area contributed by atoms with E-state index in [1.54, 1.807) is 24.3 Å². The van der Waals surface area contributed by atoms with Gasteiger partial charge in [-0.15, -0.1) is 12.4 Å². The third kappa shape index (κ3) is 3.33. The van der Waals surface area contributed by atoms with Gasteiger partial charge in [-0.05, 0) is 23.8 Å². The van der Waals surface area contributed by atoms with Crippen molar-refractivity contribution in [3.8, 4) is 0 Å². The van der Waals surface area contributed by atoms with Gasteiger partial charge in [0, 0.05) is 24.7 Å². The van der Waals surface area contributed by atoms with Crippen LogP contribution in [-0.2, 0) is 10.0 Å². The second-order valence-corrected chi connectivity index (χ2v) is 8.54. The Kier molecular flexibility index (Phi) is 5.81. The summed E-state index contributed by atoms with van der Waals surface area (Å²) in [7, 11) is -3.73. The molecule has 1 fully saturated rings. The van der Waals surface area contributed by atoms with E-state index in [1.807, 2.05) is 18.2 Å². The molecule has 0 saturated carbocycles. The molecule has 1 saturated heterocycles. The molecular weight excluding hydrogens is 415 g/mol. The lowest BCUT2D eigenvalue weighted by Crippen LogP contribution is -2.48. The number of piperazine rings is 1. The van der Waals surface area contributed by atoms with Crippen molar-refractivity contribution in [3.63, 3.8) is 0 Å². The Balaban J connectivity index is 0.00000196. The molecule has 10 heteroatoms. The zero-order chi connectivity index (χ0) is 17.4. The van der Waals surface area contributed by atoms with Crippen LogP contribution in [0.1, 0.15) is 11.6 Å². The van der Waals surface area contributed by atoms with E-state index in [9.17, 15) is 8.42 Å². The highest BCUT2D eigenvalue weighted by atomic mass is 35.5. The standard InChI is InChI=1S/C16H15ClN4O2S2.ClH/c17-12-5-2-1-4-11(12)14-10-18-8-9-21(14)25(22,23)15-7-3-6-13-16(15)20-24-19-13;/h1-7,14,18H,8-10H2;1H. The number of rotatable bonds is 3. The molecule has 1 aromatic heterocycles. The van der Waals surface area contributed by atoms with Gasteiger partial charge in [-0.3, -0.25) is 0 Å². The third-order valence-corrected chi connectivity index (χ3v) is 7.12. The molecule has 0 radical (unpaired) electrons. The Morgan fingerprint density at radius 2 is 1.96 bits per heavy atom. The third-order valence-electron chi connectivity index (χ3n) is 4.29. The number of aromatic nitrogens is 2. The van der Waals surface area contributed by atoms with E-state index < -0.39 is 10.0 Å². The van der Waals surface area contributed by atoms with Gasteiger partial charge in [0.1, 0.15) is 15.9 Å². The fourth-order valence-corrected chi connectivity index (χ4v) is 5.72. The summed E-state index contributed by atoms with van der Waals surface area (Å²) in [4.78, 5) is 0.192. The number of hydrogen-bond acceptors (Lipinski definition) is 6. The van der Waals surface area contributed by atoms with Crippen molar-refractivity contribution in [2.45, 2.75) is 10.9 Å². The van der Waals surface area contributed by atoms with Crippen molar-refractivity contribution in [1.29, 1.82) is 0 Å². The van der Waals surface area contributed by atoms with E-state index >= 15 is 0 Å². The average Bonchev–Trinajstić information content (AvgIpc) is 3.11. The van der Waals surface area contributed by atoms with E-state index in [1.165, 1.54) is 4.31 Å². The van der Waals surface area contributed by atoms with Crippen LogP contribution in [0.15, 0.2) is 47.4 Å². The van der Waals surface area contributed by atoms with Crippen LogP contribution >= 0.6 is 35.7 Å². The summed E-state index contributed by atoms with van der Waals surface area (Å²) in [6, 6.07) is 12.0. The monoisotopic (exact) mass is 430 g/mol. The van der Waals surface area contributed by atoms with Gasteiger partial charge in [-0.25, -0.2) is 8.42 Å². The van der Waals surface area contributed by atoms with Crippen LogP contribution in [0.2, 0.25) is 5.02 Å². The molecule has 2 aromatic carbocycles. The average molecular weight is 431 g/mol. The van der Waals surface area contributed by atoms with Crippen molar-refractivity contribution in [1.82, 2.24) is 18.4 Å². The minimum absolute atomic E-state index is 0. The highest BCUT2D eigenvalue weighted by Gasteiger charge is 2.36. The van der Waals surface area contributed by atoms with Crippen molar-refractivity contribution in [2.24, 2.45) is 0 Å². The summed E-state index contributed by atoms with van der Waals surface area (Å²) >= 11 is 7.34. The zero-order valence-electron chi connectivity index (χ0n) is 13.5. The Morgan fingerprint density at radius 1 is 1.15 bits per heavy atom. The van der Waals surface area contributed by atoms with Gasteiger partial charge in [0.2, 0.25) is 10.0 Å². The summed E-state index contributed by atoms with van der Waals surface area (Å²) in [5.74, 6) is 0. The van der Waals surface area contributed by atoms with Crippen LogP contribution in [0.5, 0.6) is 0 Å². The predicted octanol–water partition coefficient (Wildman–Crippen LogP) is 3.10. The van der Waals surface area contributed by atoms with E-state index in [4.69, 9.17) is 11.6 Å². The number of sulfonamides is 1. The molecule has 1 unspecified atom stereocenters. The summed E-state index contributed by atoms with van der Waals surface area (Å²) in [5, 5.41) is 3.82. The highest BCUT2D eigenvalue weighted by Crippen LogP contribution is 2.34. The van der Waals surface area contributed by atoms with Crippen molar-refractivity contribution in [3.05, 3.63) is 53.1 Å². The number of nitrogens with one attached hydrogen (secondary N) is 1. The molecule has 26 heavy (non-hydrogen) atoms. The maximum Gasteiger partial charge on any atom is 0.245 e. The SMILES string of the molecule is Cl.O=S(=O)(c1cccc2nsnc12)N1CCNCC1c1ccccc1Cl. The first kappa shape index (κ1) is 19.5. The topological polar surface area (TPSA) is 75.2 Å². The lowest BCUT2D eigenvalue weighted by molar-refractivity contribution is 0.272. The first-order chi connectivity index (χ1) is 12.1. The number of nitrogens with zero attached hydrogens (tertiary/aromatic N) is 3. The molecule has 0 bridgehead atoms. The summed E-state index contributed by atoms with van der Waals surface area (Å²) in [6.45, 7) is 1.46. The molecule has 1 aliphatic rings. The van der Waals surface area contributed by atoms with Gasteiger partial charge in [-0.1, -0.05) is 35.9 Å². The van der Waals surface area contributed by atoms with Crippen LogP contribution in [0.4, 0.5) is 0 Å². The van der Waals surface area contributed by atoms with Gasteiger partial charge >= 0.3 is 0 Å². The Bertz CT molecular complexity index is 1030. The zero-order valence-corrected chi connectivity index (χ0v) is 16.7. The van der Waals surface area contributed by atoms with Gasteiger partial charge in [-0.2, -0.15) is 13.1 Å². The van der Waals surface area contributed by atoms with E-state index in [0.717, 1.165) is 17.3 Å². The maximum atomic E-state index is 13.4. The lowest BCUT2D eigenvalue weighted by atomic mass is 10.1. The fourth-order valence-electron chi connectivity index (χ4n) is 3.10. The van der Waals surface area contributed by atoms with Gasteiger partial charge in [0.25, 0.3) is 0 Å². The molecule has 0 amide bonds. The first-order valence-electron chi connectivity index (χ1n) is 7.77. The second kappa shape index (κ2) is 7.75. The van der Waals surface area contributed by atoms with Crippen LogP contribution in [-0.4, -0.2) is 41.1 Å². The van der Waals surface area contributed by atoms with Crippen molar-refractivity contribution >= 4 is 56.8 Å². The van der Waals surface area contributed by atoms with Gasteiger partial charge in [0.15, 0.2) is 0 Å². The van der Waals surface area contributed by atoms with Crippen LogP contribution in [0.3, 0.4) is 0 Å². The Morgan fingerprint density at radius 3 is 2.77 bits per heavy atom. The molecule has 1 atom stereocenters. The predicted molar refractivity (Wildman–Crippen MR) is 106 cm³/mol. The normalized spacial score (nSPS) is 18.6. The smallest absolute Gasteiger partial charge is 0.245 e. The first-order valence-corrected chi connectivity index (χ1v) is 10.3. The van der Waals surface area contributed by atoms with Crippen molar-refractivity contribution in [2.75, 3.05) is 19.6 Å². The molecule has 3 aromatic rings. The summed E-state index contributed by atoms with van der Waals surface area (Å²) in [6.07, 6.45) is 0. The van der Waals surface area contributed by atoms with E-state index in [2.05, 4.69) is 14.1 Å². The Hall–Kier alpha value is -1.29. The minimum atomic E-state index is -3.73. The largest absolute Gasteiger partial charge is 0.313 e. The molecule has 1 N–H and O–H groups in total. The molecule has 2 heterocycles. The van der Waals surface area contributed by atoms with Crippen LogP contribution in [0.25, 0.3) is 11.0 Å². The molecule has 4 rings (SSSR count). The van der Waals surface area contributed by atoms with Gasteiger partial charge < -0.3 is 5.32 Å². The number of benzene rings is 2. The Labute approximate surface area is 167 Å². The quantitative estimate of drug-likeness (QED) is 0.690. The van der Waals surface area contributed by atoms with E-state index in [0.29, 0.717) is 35.7 Å². The molecule has 1 aliphatic heterocycles. The van der Waals surface area contributed by atoms with Crippen LogP contribution in [0, 0.1) is 0 Å².